The van der Waals surface area contributed by atoms with E-state index in [1.165, 1.54) is 6.92 Å². The molecule has 0 unspecified atom stereocenters. The normalized spacial score (nSPS) is 19.8. The molecule has 0 saturated carbocycles. The van der Waals surface area contributed by atoms with E-state index >= 15 is 0 Å². The van der Waals surface area contributed by atoms with Gasteiger partial charge in [0, 0.05) is 21.6 Å². The molecule has 1 N–H and O–H groups in total. The van der Waals surface area contributed by atoms with Crippen LogP contribution in [-0.2, 0) is 14.3 Å². The number of nitrogens with zero attached hydrogens (tertiary/aromatic N) is 2. The summed E-state index contributed by atoms with van der Waals surface area (Å²) in [5.41, 5.74) is 0.00842. The number of benzene rings is 1. The summed E-state index contributed by atoms with van der Waals surface area (Å²) >= 11 is 2.26. The molecule has 2 aromatic rings. The molecule has 0 radical (unpaired) electrons. The van der Waals surface area contributed by atoms with Gasteiger partial charge in [-0.15, -0.1) is 0 Å². The molecule has 0 bridgehead atoms. The lowest BCUT2D eigenvalue weighted by Crippen LogP contribution is -2.55. The molecule has 196 valence electrons. The van der Waals surface area contributed by atoms with Crippen LogP contribution in [0.15, 0.2) is 42.4 Å². The van der Waals surface area contributed by atoms with Crippen LogP contribution in [0.1, 0.15) is 61.8 Å². The molecule has 1 aromatic carbocycles. The Bertz CT molecular complexity index is 1150. The summed E-state index contributed by atoms with van der Waals surface area (Å²) in [6.45, 7) is 15.6. The van der Waals surface area contributed by atoms with Gasteiger partial charge in [-0.1, -0.05) is 20.8 Å². The zero-order chi connectivity index (χ0) is 26.8. The first-order valence-electron chi connectivity index (χ1n) is 12.3. The number of aromatic nitrogens is 1. The number of carbonyl (C=O) groups excluding carboxylic acids is 2. The maximum absolute atomic E-state index is 13.9. The molecule has 1 amide bonds. The van der Waals surface area contributed by atoms with Crippen molar-refractivity contribution in [3.63, 3.8) is 0 Å². The summed E-state index contributed by atoms with van der Waals surface area (Å²) in [5.74, 6) is 1.06. The van der Waals surface area contributed by atoms with E-state index in [0.717, 1.165) is 14.5 Å². The van der Waals surface area contributed by atoms with Crippen LogP contribution in [-0.4, -0.2) is 51.9 Å². The van der Waals surface area contributed by atoms with Crippen molar-refractivity contribution in [1.82, 2.24) is 15.2 Å². The summed E-state index contributed by atoms with van der Waals surface area (Å²) in [6, 6.07) is 6.72. The topological polar surface area (TPSA) is 80.8 Å². The number of carbonyl (C=O) groups is 2. The third kappa shape index (κ3) is 6.89. The van der Waals surface area contributed by atoms with Gasteiger partial charge in [-0.3, -0.25) is 14.6 Å². The Balaban J connectivity index is 1.85. The Morgan fingerprint density at radius 2 is 1.89 bits per heavy atom. The highest BCUT2D eigenvalue weighted by molar-refractivity contribution is 14.1. The van der Waals surface area contributed by atoms with E-state index in [4.69, 9.17) is 9.47 Å². The SMILES string of the molecule is C/C=C(\N[C@H](C(=O)N1C[C@H](Oc2ccnc3cc(I)ccc23)C[C@H]1C(C)=O)C(C)(C)C)OC(C)(C)C. The molecule has 7 nitrogen and oxygen atoms in total. The van der Waals surface area contributed by atoms with Gasteiger partial charge in [0.25, 0.3) is 0 Å². The number of Topliss-reactive ketones (excluding diaryl/α,β-unsaturated/α-hetero) is 1. The molecule has 1 aliphatic rings. The second-order valence-electron chi connectivity index (χ2n) is 11.4. The molecule has 1 fully saturated rings. The molecular formula is C28H38IN3O4. The molecule has 1 saturated heterocycles. The summed E-state index contributed by atoms with van der Waals surface area (Å²) in [7, 11) is 0. The number of nitrogens with one attached hydrogen (secondary N) is 1. The van der Waals surface area contributed by atoms with Gasteiger partial charge in [0.05, 0.1) is 18.1 Å². The molecule has 36 heavy (non-hydrogen) atoms. The fraction of sp³-hybridized carbons (Fsp3) is 0.536. The molecule has 0 aliphatic carbocycles. The fourth-order valence-corrected chi connectivity index (χ4v) is 4.82. The summed E-state index contributed by atoms with van der Waals surface area (Å²) in [5, 5.41) is 4.23. The lowest BCUT2D eigenvalue weighted by atomic mass is 9.85. The Morgan fingerprint density at radius 1 is 1.19 bits per heavy atom. The van der Waals surface area contributed by atoms with E-state index in [1.807, 2.05) is 78.8 Å². The van der Waals surface area contributed by atoms with E-state index in [2.05, 4.69) is 32.9 Å². The number of rotatable bonds is 7. The molecule has 1 aliphatic heterocycles. The average Bonchev–Trinajstić information content (AvgIpc) is 3.18. The van der Waals surface area contributed by atoms with Gasteiger partial charge in [0.1, 0.15) is 23.5 Å². The van der Waals surface area contributed by atoms with Crippen molar-refractivity contribution in [2.75, 3.05) is 6.54 Å². The summed E-state index contributed by atoms with van der Waals surface area (Å²) in [6.07, 6.45) is 3.69. The number of ether oxygens (including phenoxy) is 2. The molecule has 1 aromatic heterocycles. The number of halogens is 1. The number of likely N-dealkylation sites (tertiary alicyclic amines) is 1. The molecule has 0 spiro atoms. The molecule has 3 rings (SSSR count). The summed E-state index contributed by atoms with van der Waals surface area (Å²) in [4.78, 5) is 32.7. The smallest absolute Gasteiger partial charge is 0.246 e. The van der Waals surface area contributed by atoms with Crippen molar-refractivity contribution >= 4 is 45.2 Å². The predicted octanol–water partition coefficient (Wildman–Crippen LogP) is 5.46. The third-order valence-corrected chi connectivity index (χ3v) is 6.72. The lowest BCUT2D eigenvalue weighted by Gasteiger charge is -2.37. The summed E-state index contributed by atoms with van der Waals surface area (Å²) < 4.78 is 13.5. The molecule has 2 heterocycles. The maximum Gasteiger partial charge on any atom is 0.246 e. The Labute approximate surface area is 228 Å². The average molecular weight is 608 g/mol. The fourth-order valence-electron chi connectivity index (χ4n) is 4.35. The van der Waals surface area contributed by atoms with Gasteiger partial charge in [0.15, 0.2) is 11.7 Å². The Hall–Kier alpha value is -2.36. The van der Waals surface area contributed by atoms with Crippen LogP contribution < -0.4 is 10.1 Å². The van der Waals surface area contributed by atoms with Crippen LogP contribution in [0.3, 0.4) is 0 Å². The highest BCUT2D eigenvalue weighted by Crippen LogP contribution is 2.32. The van der Waals surface area contributed by atoms with Crippen LogP contribution >= 0.6 is 22.6 Å². The van der Waals surface area contributed by atoms with E-state index in [-0.39, 0.29) is 17.8 Å². The van der Waals surface area contributed by atoms with E-state index in [9.17, 15) is 9.59 Å². The molecule has 8 heteroatoms. The largest absolute Gasteiger partial charge is 0.488 e. The van der Waals surface area contributed by atoms with Crippen LogP contribution in [0.5, 0.6) is 5.75 Å². The van der Waals surface area contributed by atoms with Gasteiger partial charge < -0.3 is 19.7 Å². The van der Waals surface area contributed by atoms with Crippen molar-refractivity contribution in [3.8, 4) is 5.75 Å². The van der Waals surface area contributed by atoms with Gasteiger partial charge in [-0.25, -0.2) is 0 Å². The van der Waals surface area contributed by atoms with E-state index < -0.39 is 23.1 Å². The lowest BCUT2D eigenvalue weighted by molar-refractivity contribution is -0.141. The van der Waals surface area contributed by atoms with Gasteiger partial charge in [0.2, 0.25) is 5.91 Å². The minimum absolute atomic E-state index is 0.0477. The minimum Gasteiger partial charge on any atom is -0.488 e. The number of allylic oxidation sites excluding steroid dienone is 1. The minimum atomic E-state index is -0.588. The number of hydrogen-bond donors (Lipinski definition) is 1. The van der Waals surface area contributed by atoms with Crippen molar-refractivity contribution < 1.29 is 19.1 Å². The molecule has 3 atom stereocenters. The zero-order valence-electron chi connectivity index (χ0n) is 22.5. The van der Waals surface area contributed by atoms with Crippen molar-refractivity contribution in [2.24, 2.45) is 5.41 Å². The van der Waals surface area contributed by atoms with Gasteiger partial charge in [-0.05, 0) is 93.0 Å². The Kier molecular flexibility index (Phi) is 8.58. The number of pyridine rings is 1. The standard InChI is InChI=1S/C28H38IN3O4/c1-9-24(36-28(6,7)8)31-25(27(3,4)5)26(34)32-16-19(15-22(32)17(2)33)35-23-12-13-30-21-14-18(29)10-11-20(21)23/h9-14,19,22,25,31H,15-16H2,1-8H3/b24-9+/t19-,22+,25-/m1/s1. The number of hydrogen-bond acceptors (Lipinski definition) is 6. The number of fused-ring (bicyclic) bond motifs is 1. The van der Waals surface area contributed by atoms with Crippen molar-refractivity contribution in [1.29, 1.82) is 0 Å². The Morgan fingerprint density at radius 3 is 2.47 bits per heavy atom. The van der Waals surface area contributed by atoms with Crippen LogP contribution in [0.2, 0.25) is 0 Å². The first-order chi connectivity index (χ1) is 16.7. The van der Waals surface area contributed by atoms with Gasteiger partial charge >= 0.3 is 0 Å². The van der Waals surface area contributed by atoms with Crippen LogP contribution in [0.25, 0.3) is 10.9 Å². The van der Waals surface area contributed by atoms with Gasteiger partial charge in [-0.2, -0.15) is 0 Å². The van der Waals surface area contributed by atoms with Crippen LogP contribution in [0.4, 0.5) is 0 Å². The number of ketones is 1. The quantitative estimate of drug-likeness (QED) is 0.333. The maximum atomic E-state index is 13.9. The van der Waals surface area contributed by atoms with Crippen LogP contribution in [0, 0.1) is 8.99 Å². The highest BCUT2D eigenvalue weighted by Gasteiger charge is 2.44. The molecular weight excluding hydrogens is 569 g/mol. The highest BCUT2D eigenvalue weighted by atomic mass is 127. The number of amides is 1. The third-order valence-electron chi connectivity index (χ3n) is 6.05. The predicted molar refractivity (Wildman–Crippen MR) is 151 cm³/mol. The van der Waals surface area contributed by atoms with E-state index in [0.29, 0.717) is 24.6 Å². The second-order valence-corrected chi connectivity index (χ2v) is 12.6. The van der Waals surface area contributed by atoms with E-state index in [1.54, 1.807) is 11.1 Å². The second kappa shape index (κ2) is 10.9. The van der Waals surface area contributed by atoms with Crippen molar-refractivity contribution in [3.05, 3.63) is 46.0 Å². The zero-order valence-corrected chi connectivity index (χ0v) is 24.7. The first-order valence-corrected chi connectivity index (χ1v) is 13.4. The van der Waals surface area contributed by atoms with Crippen molar-refractivity contribution in [2.45, 2.75) is 85.6 Å². The monoisotopic (exact) mass is 607 g/mol. The first kappa shape index (κ1) is 28.2.